The van der Waals surface area contributed by atoms with Crippen molar-refractivity contribution in [3.8, 4) is 0 Å². The van der Waals surface area contributed by atoms with E-state index in [1.807, 2.05) is 13.8 Å². The van der Waals surface area contributed by atoms with Crippen molar-refractivity contribution in [2.45, 2.75) is 57.6 Å². The van der Waals surface area contributed by atoms with Crippen LogP contribution in [0.2, 0.25) is 0 Å². The van der Waals surface area contributed by atoms with Crippen LogP contribution in [0.4, 0.5) is 4.79 Å². The molecule has 0 aromatic heterocycles. The Labute approximate surface area is 91.5 Å². The topological polar surface area (TPSA) is 64.3 Å². The van der Waals surface area contributed by atoms with Crippen LogP contribution in [-0.4, -0.2) is 24.3 Å². The van der Waals surface area contributed by atoms with Gasteiger partial charge in [-0.1, -0.05) is 19.3 Å². The Bertz CT molecular complexity index is 211. The Balaban J connectivity index is 2.47. The van der Waals surface area contributed by atoms with Gasteiger partial charge in [0.15, 0.2) is 0 Å². The van der Waals surface area contributed by atoms with E-state index in [4.69, 9.17) is 10.5 Å². The van der Waals surface area contributed by atoms with Crippen LogP contribution in [0.15, 0.2) is 0 Å². The molecule has 1 saturated carbocycles. The van der Waals surface area contributed by atoms with E-state index < -0.39 is 0 Å². The average molecular weight is 214 g/mol. The van der Waals surface area contributed by atoms with E-state index in [2.05, 4.69) is 5.32 Å². The molecule has 88 valence electrons. The van der Waals surface area contributed by atoms with Gasteiger partial charge in [0, 0.05) is 6.54 Å². The highest BCUT2D eigenvalue weighted by Gasteiger charge is 2.32. The minimum absolute atomic E-state index is 0.0802. The summed E-state index contributed by atoms with van der Waals surface area (Å²) in [5.74, 6) is 0. The van der Waals surface area contributed by atoms with Crippen LogP contribution < -0.4 is 11.1 Å². The van der Waals surface area contributed by atoms with Crippen molar-refractivity contribution in [3.05, 3.63) is 0 Å². The van der Waals surface area contributed by atoms with Gasteiger partial charge in [0.2, 0.25) is 0 Å². The largest absolute Gasteiger partial charge is 0.447 e. The second-order valence-corrected chi connectivity index (χ2v) is 4.62. The lowest BCUT2D eigenvalue weighted by atomic mass is 9.82. The third-order valence-corrected chi connectivity index (χ3v) is 2.91. The summed E-state index contributed by atoms with van der Waals surface area (Å²) in [6, 6.07) is 0. The zero-order valence-corrected chi connectivity index (χ0v) is 9.71. The van der Waals surface area contributed by atoms with Gasteiger partial charge in [-0.15, -0.1) is 0 Å². The van der Waals surface area contributed by atoms with Crippen LogP contribution in [0.25, 0.3) is 0 Å². The number of alkyl carbamates (subject to hydrolysis) is 1. The molecule has 0 atom stereocenters. The zero-order valence-electron chi connectivity index (χ0n) is 9.71. The van der Waals surface area contributed by atoms with Gasteiger partial charge < -0.3 is 15.8 Å². The Morgan fingerprint density at radius 1 is 1.40 bits per heavy atom. The first-order valence-electron chi connectivity index (χ1n) is 5.77. The van der Waals surface area contributed by atoms with Crippen molar-refractivity contribution in [1.29, 1.82) is 0 Å². The van der Waals surface area contributed by atoms with Crippen LogP contribution in [0, 0.1) is 0 Å². The maximum atomic E-state index is 11.5. The van der Waals surface area contributed by atoms with Crippen molar-refractivity contribution in [1.82, 2.24) is 5.32 Å². The number of hydrogen-bond donors (Lipinski definition) is 2. The minimum atomic E-state index is -0.336. The molecule has 0 spiro atoms. The number of carbonyl (C=O) groups is 1. The molecule has 1 rings (SSSR count). The molecule has 0 radical (unpaired) electrons. The number of rotatable bonds is 3. The summed E-state index contributed by atoms with van der Waals surface area (Å²) in [7, 11) is 0. The highest BCUT2D eigenvalue weighted by Crippen LogP contribution is 2.27. The fourth-order valence-electron chi connectivity index (χ4n) is 2.07. The maximum Gasteiger partial charge on any atom is 0.407 e. The molecule has 3 N–H and O–H groups in total. The van der Waals surface area contributed by atoms with Crippen LogP contribution in [0.3, 0.4) is 0 Å². The van der Waals surface area contributed by atoms with Gasteiger partial charge in [-0.2, -0.15) is 0 Å². The molecule has 4 nitrogen and oxygen atoms in total. The van der Waals surface area contributed by atoms with Crippen molar-refractivity contribution < 1.29 is 9.53 Å². The summed E-state index contributed by atoms with van der Waals surface area (Å²) in [6.07, 6.45) is 5.04. The van der Waals surface area contributed by atoms with E-state index >= 15 is 0 Å². The molecule has 0 aromatic carbocycles. The number of carbonyl (C=O) groups excluding carboxylic acids is 1. The van der Waals surface area contributed by atoms with Gasteiger partial charge in [0.25, 0.3) is 0 Å². The fraction of sp³-hybridized carbons (Fsp3) is 0.909. The summed E-state index contributed by atoms with van der Waals surface area (Å²) in [5.41, 5.74) is 5.53. The van der Waals surface area contributed by atoms with Crippen molar-refractivity contribution >= 4 is 6.09 Å². The fourth-order valence-corrected chi connectivity index (χ4v) is 2.07. The Kier molecular flexibility index (Phi) is 4.39. The first-order valence-corrected chi connectivity index (χ1v) is 5.77. The van der Waals surface area contributed by atoms with Crippen molar-refractivity contribution in [2.24, 2.45) is 5.73 Å². The second-order valence-electron chi connectivity index (χ2n) is 4.62. The predicted molar refractivity (Wildman–Crippen MR) is 59.6 cm³/mol. The Morgan fingerprint density at radius 3 is 2.47 bits per heavy atom. The quantitative estimate of drug-likeness (QED) is 0.752. The van der Waals surface area contributed by atoms with Gasteiger partial charge in [0.05, 0.1) is 11.6 Å². The Hall–Kier alpha value is -0.770. The smallest absolute Gasteiger partial charge is 0.407 e. The average Bonchev–Trinajstić information content (AvgIpc) is 2.17. The predicted octanol–water partition coefficient (Wildman–Crippen LogP) is 1.78. The number of nitrogens with one attached hydrogen (secondary N) is 1. The molecule has 1 aliphatic carbocycles. The van der Waals surface area contributed by atoms with Crippen LogP contribution in [0.5, 0.6) is 0 Å². The summed E-state index contributed by atoms with van der Waals surface area (Å²) in [4.78, 5) is 11.5. The van der Waals surface area contributed by atoms with E-state index in [0.717, 1.165) is 25.7 Å². The lowest BCUT2D eigenvalue weighted by Gasteiger charge is -2.36. The summed E-state index contributed by atoms with van der Waals surface area (Å²) in [5, 5.41) is 2.93. The highest BCUT2D eigenvalue weighted by molar-refractivity contribution is 5.68. The SMILES string of the molecule is CC(C)OC(=O)NC1(CN)CCCCC1. The maximum absolute atomic E-state index is 11.5. The number of ether oxygens (including phenoxy) is 1. The molecule has 1 fully saturated rings. The van der Waals surface area contributed by atoms with Gasteiger partial charge in [-0.05, 0) is 26.7 Å². The van der Waals surface area contributed by atoms with Crippen LogP contribution in [-0.2, 0) is 4.74 Å². The number of hydrogen-bond acceptors (Lipinski definition) is 3. The lowest BCUT2D eigenvalue weighted by Crippen LogP contribution is -2.55. The molecular formula is C11H22N2O2. The molecule has 0 aromatic rings. The number of amides is 1. The molecule has 4 heteroatoms. The van der Waals surface area contributed by atoms with Crippen molar-refractivity contribution in [3.63, 3.8) is 0 Å². The van der Waals surface area contributed by atoms with Crippen molar-refractivity contribution in [2.75, 3.05) is 6.54 Å². The summed E-state index contributed by atoms with van der Waals surface area (Å²) >= 11 is 0. The number of nitrogens with two attached hydrogens (primary N) is 1. The van der Waals surface area contributed by atoms with Crippen LogP contribution >= 0.6 is 0 Å². The molecule has 15 heavy (non-hydrogen) atoms. The van der Waals surface area contributed by atoms with E-state index in [1.165, 1.54) is 6.42 Å². The van der Waals surface area contributed by atoms with E-state index in [0.29, 0.717) is 6.54 Å². The summed E-state index contributed by atoms with van der Waals surface area (Å²) in [6.45, 7) is 4.19. The highest BCUT2D eigenvalue weighted by atomic mass is 16.6. The normalized spacial score (nSPS) is 20.0. The first kappa shape index (κ1) is 12.3. The standard InChI is InChI=1S/C11H22N2O2/c1-9(2)15-10(14)13-11(8-12)6-4-3-5-7-11/h9H,3-8,12H2,1-2H3,(H,13,14). The molecule has 0 heterocycles. The molecule has 0 bridgehead atoms. The zero-order chi connectivity index (χ0) is 11.3. The van der Waals surface area contributed by atoms with E-state index in [-0.39, 0.29) is 17.7 Å². The minimum Gasteiger partial charge on any atom is -0.447 e. The van der Waals surface area contributed by atoms with E-state index in [1.54, 1.807) is 0 Å². The van der Waals surface area contributed by atoms with Gasteiger partial charge in [-0.3, -0.25) is 0 Å². The monoisotopic (exact) mass is 214 g/mol. The Morgan fingerprint density at radius 2 is 2.00 bits per heavy atom. The molecule has 0 saturated heterocycles. The lowest BCUT2D eigenvalue weighted by molar-refractivity contribution is 0.0985. The molecule has 0 aliphatic heterocycles. The molecule has 1 aliphatic rings. The molecule has 0 unspecified atom stereocenters. The third kappa shape index (κ3) is 3.70. The van der Waals surface area contributed by atoms with Gasteiger partial charge >= 0.3 is 6.09 Å². The molecule has 1 amide bonds. The van der Waals surface area contributed by atoms with Gasteiger partial charge in [0.1, 0.15) is 0 Å². The second kappa shape index (κ2) is 5.35. The van der Waals surface area contributed by atoms with Gasteiger partial charge in [-0.25, -0.2) is 4.79 Å². The molecular weight excluding hydrogens is 192 g/mol. The first-order chi connectivity index (χ1) is 7.08. The summed E-state index contributed by atoms with van der Waals surface area (Å²) < 4.78 is 5.07. The van der Waals surface area contributed by atoms with Crippen LogP contribution in [0.1, 0.15) is 46.0 Å². The third-order valence-electron chi connectivity index (χ3n) is 2.91. The van der Waals surface area contributed by atoms with E-state index in [9.17, 15) is 4.79 Å².